The standard InChI is InChI=1S/C13H12BrCl2NS/c14-11-3-1-10(2-4-11)13(8-15,9-16)7-12-17-5-6-18-12/h1-6H,7-9H2. The van der Waals surface area contributed by atoms with Crippen molar-refractivity contribution in [2.24, 2.45) is 0 Å². The minimum atomic E-state index is -0.248. The Balaban J connectivity index is 2.33. The first-order chi connectivity index (χ1) is 8.70. The molecule has 0 N–H and O–H groups in total. The number of alkyl halides is 2. The largest absolute Gasteiger partial charge is 0.250 e. The van der Waals surface area contributed by atoms with E-state index in [0.717, 1.165) is 21.5 Å². The number of hydrogen-bond acceptors (Lipinski definition) is 2. The summed E-state index contributed by atoms with van der Waals surface area (Å²) < 4.78 is 1.05. The third kappa shape index (κ3) is 3.08. The molecule has 0 radical (unpaired) electrons. The summed E-state index contributed by atoms with van der Waals surface area (Å²) in [6.45, 7) is 0. The Kier molecular flexibility index (Phi) is 5.07. The van der Waals surface area contributed by atoms with Crippen LogP contribution >= 0.6 is 50.5 Å². The van der Waals surface area contributed by atoms with E-state index in [1.807, 2.05) is 23.7 Å². The van der Waals surface area contributed by atoms with Crippen LogP contribution in [0.4, 0.5) is 0 Å². The van der Waals surface area contributed by atoms with Gasteiger partial charge in [-0.15, -0.1) is 34.5 Å². The molecule has 0 fully saturated rings. The maximum absolute atomic E-state index is 6.20. The van der Waals surface area contributed by atoms with Crippen LogP contribution in [0.3, 0.4) is 0 Å². The molecule has 0 aliphatic rings. The highest BCUT2D eigenvalue weighted by Gasteiger charge is 2.31. The van der Waals surface area contributed by atoms with Gasteiger partial charge in [-0.05, 0) is 17.7 Å². The van der Waals surface area contributed by atoms with Crippen LogP contribution in [0.15, 0.2) is 40.3 Å². The van der Waals surface area contributed by atoms with Crippen LogP contribution in [0.1, 0.15) is 10.6 Å². The van der Waals surface area contributed by atoms with Crippen molar-refractivity contribution in [2.75, 3.05) is 11.8 Å². The summed E-state index contributed by atoms with van der Waals surface area (Å²) in [5, 5.41) is 3.05. The van der Waals surface area contributed by atoms with Gasteiger partial charge in [-0.25, -0.2) is 4.98 Å². The molecule has 0 aliphatic heterocycles. The lowest BCUT2D eigenvalue weighted by Crippen LogP contribution is -2.33. The lowest BCUT2D eigenvalue weighted by atomic mass is 9.81. The molecule has 2 aromatic rings. The van der Waals surface area contributed by atoms with E-state index in [0.29, 0.717) is 11.8 Å². The smallest absolute Gasteiger partial charge is 0.0934 e. The van der Waals surface area contributed by atoms with Crippen LogP contribution in [0.2, 0.25) is 0 Å². The summed E-state index contributed by atoms with van der Waals surface area (Å²) >= 11 is 17.5. The average molecular weight is 365 g/mol. The van der Waals surface area contributed by atoms with Crippen LogP contribution in [0.25, 0.3) is 0 Å². The van der Waals surface area contributed by atoms with E-state index >= 15 is 0 Å². The van der Waals surface area contributed by atoms with Gasteiger partial charge in [-0.1, -0.05) is 28.1 Å². The Morgan fingerprint density at radius 2 is 1.83 bits per heavy atom. The molecule has 0 amide bonds. The van der Waals surface area contributed by atoms with Crippen molar-refractivity contribution >= 4 is 50.5 Å². The molecule has 5 heteroatoms. The SMILES string of the molecule is ClCC(CCl)(Cc1nccs1)c1ccc(Br)cc1. The highest BCUT2D eigenvalue weighted by molar-refractivity contribution is 9.10. The Bertz CT molecular complexity index is 480. The Labute approximate surface area is 129 Å². The Hall–Kier alpha value is -0.0900. The summed E-state index contributed by atoms with van der Waals surface area (Å²) in [5.74, 6) is 0.968. The van der Waals surface area contributed by atoms with Gasteiger partial charge in [0.1, 0.15) is 0 Å². The second-order valence-electron chi connectivity index (χ2n) is 4.16. The van der Waals surface area contributed by atoms with Crippen LogP contribution < -0.4 is 0 Å². The van der Waals surface area contributed by atoms with Crippen molar-refractivity contribution < 1.29 is 0 Å². The fourth-order valence-corrected chi connectivity index (χ4v) is 3.63. The van der Waals surface area contributed by atoms with Crippen LogP contribution in [0.5, 0.6) is 0 Å². The molecule has 18 heavy (non-hydrogen) atoms. The normalized spacial score (nSPS) is 11.7. The monoisotopic (exact) mass is 363 g/mol. The third-order valence-corrected chi connectivity index (χ3v) is 5.27. The topological polar surface area (TPSA) is 12.9 Å². The second-order valence-corrected chi connectivity index (χ2v) is 6.59. The van der Waals surface area contributed by atoms with Gasteiger partial charge in [0.05, 0.1) is 5.01 Å². The van der Waals surface area contributed by atoms with E-state index in [9.17, 15) is 0 Å². The van der Waals surface area contributed by atoms with Crippen LogP contribution in [-0.2, 0) is 11.8 Å². The van der Waals surface area contributed by atoms with E-state index in [1.165, 1.54) is 0 Å². The molecule has 0 spiro atoms. The predicted octanol–water partition coefficient (Wildman–Crippen LogP) is 4.86. The summed E-state index contributed by atoms with van der Waals surface area (Å²) in [6.07, 6.45) is 2.59. The van der Waals surface area contributed by atoms with E-state index in [4.69, 9.17) is 23.2 Å². The van der Waals surface area contributed by atoms with Gasteiger partial charge in [-0.3, -0.25) is 0 Å². The molecule has 0 saturated heterocycles. The molecule has 0 unspecified atom stereocenters. The molecule has 96 valence electrons. The van der Waals surface area contributed by atoms with Crippen molar-refractivity contribution in [3.8, 4) is 0 Å². The highest BCUT2D eigenvalue weighted by atomic mass is 79.9. The first-order valence-corrected chi connectivity index (χ1v) is 8.21. The molecule has 1 heterocycles. The van der Waals surface area contributed by atoms with E-state index in [-0.39, 0.29) is 5.41 Å². The van der Waals surface area contributed by atoms with Gasteiger partial charge in [0.15, 0.2) is 0 Å². The predicted molar refractivity (Wildman–Crippen MR) is 83.1 cm³/mol. The number of halogens is 3. The summed E-state index contributed by atoms with van der Waals surface area (Å²) in [4.78, 5) is 4.33. The maximum Gasteiger partial charge on any atom is 0.0934 e. The minimum absolute atomic E-state index is 0.248. The summed E-state index contributed by atoms with van der Waals surface area (Å²) in [7, 11) is 0. The van der Waals surface area contributed by atoms with Gasteiger partial charge in [0.25, 0.3) is 0 Å². The number of aromatic nitrogens is 1. The zero-order valence-electron chi connectivity index (χ0n) is 9.57. The third-order valence-electron chi connectivity index (χ3n) is 2.94. The van der Waals surface area contributed by atoms with Crippen molar-refractivity contribution in [1.29, 1.82) is 0 Å². The number of hydrogen-bond donors (Lipinski definition) is 0. The van der Waals surface area contributed by atoms with E-state index < -0.39 is 0 Å². The number of rotatable bonds is 5. The molecule has 0 saturated carbocycles. The highest BCUT2D eigenvalue weighted by Crippen LogP contribution is 2.33. The van der Waals surface area contributed by atoms with Crippen molar-refractivity contribution in [3.63, 3.8) is 0 Å². The fraction of sp³-hybridized carbons (Fsp3) is 0.308. The van der Waals surface area contributed by atoms with Crippen molar-refractivity contribution in [1.82, 2.24) is 4.98 Å². The second kappa shape index (κ2) is 6.38. The summed E-state index contributed by atoms with van der Waals surface area (Å²) in [6, 6.07) is 8.18. The maximum atomic E-state index is 6.20. The Morgan fingerprint density at radius 1 is 1.17 bits per heavy atom. The quantitative estimate of drug-likeness (QED) is 0.690. The van der Waals surface area contributed by atoms with Gasteiger partial charge in [0.2, 0.25) is 0 Å². The number of thiazole rings is 1. The van der Waals surface area contributed by atoms with E-state index in [2.05, 4.69) is 33.0 Å². The molecule has 2 rings (SSSR count). The summed E-state index contributed by atoms with van der Waals surface area (Å²) in [5.41, 5.74) is 0.910. The first-order valence-electron chi connectivity index (χ1n) is 5.46. The first kappa shape index (κ1) is 14.3. The fourth-order valence-electron chi connectivity index (χ4n) is 1.82. The van der Waals surface area contributed by atoms with Gasteiger partial charge in [0, 0.05) is 39.6 Å². The molecule has 1 nitrogen and oxygen atoms in total. The van der Waals surface area contributed by atoms with Gasteiger partial charge in [-0.2, -0.15) is 0 Å². The van der Waals surface area contributed by atoms with Gasteiger partial charge >= 0.3 is 0 Å². The Morgan fingerprint density at radius 3 is 2.33 bits per heavy atom. The van der Waals surface area contributed by atoms with Crippen LogP contribution in [-0.4, -0.2) is 16.7 Å². The van der Waals surface area contributed by atoms with Gasteiger partial charge < -0.3 is 0 Å². The molecular weight excluding hydrogens is 353 g/mol. The molecule has 0 bridgehead atoms. The molecule has 0 aliphatic carbocycles. The molecular formula is C13H12BrCl2NS. The van der Waals surface area contributed by atoms with Crippen molar-refractivity contribution in [3.05, 3.63) is 50.9 Å². The average Bonchev–Trinajstić information content (AvgIpc) is 2.90. The molecule has 1 aromatic heterocycles. The molecule has 1 aromatic carbocycles. The zero-order valence-corrected chi connectivity index (χ0v) is 13.5. The lowest BCUT2D eigenvalue weighted by Gasteiger charge is -2.29. The van der Waals surface area contributed by atoms with E-state index in [1.54, 1.807) is 11.3 Å². The van der Waals surface area contributed by atoms with Crippen molar-refractivity contribution in [2.45, 2.75) is 11.8 Å². The lowest BCUT2D eigenvalue weighted by molar-refractivity contribution is 0.535. The molecule has 0 atom stereocenters. The van der Waals surface area contributed by atoms with Crippen LogP contribution in [0, 0.1) is 0 Å². The minimum Gasteiger partial charge on any atom is -0.250 e. The number of benzene rings is 1. The zero-order chi connectivity index (χ0) is 13.0. The number of nitrogens with zero attached hydrogens (tertiary/aromatic N) is 1.